The Morgan fingerprint density at radius 2 is 1.85 bits per heavy atom. The fourth-order valence-corrected chi connectivity index (χ4v) is 1.89. The van der Waals surface area contributed by atoms with E-state index in [1.807, 2.05) is 39.0 Å². The molecule has 0 N–H and O–H groups in total. The number of halogens is 2. The Morgan fingerprint density at radius 1 is 1.15 bits per heavy atom. The lowest BCUT2D eigenvalue weighted by atomic mass is 10.2. The number of hydrogen-bond donors (Lipinski definition) is 0. The van der Waals surface area contributed by atoms with Gasteiger partial charge in [-0.15, -0.1) is 4.98 Å². The maximum Gasteiger partial charge on any atom is 0.329 e. The quantitative estimate of drug-likeness (QED) is 0.821. The first-order valence-electron chi connectivity index (χ1n) is 5.96. The second-order valence-corrected chi connectivity index (χ2v) is 5.60. The van der Waals surface area contributed by atoms with Crippen molar-refractivity contribution in [1.29, 1.82) is 0 Å². The molecule has 7 heteroatoms. The third kappa shape index (κ3) is 4.05. The van der Waals surface area contributed by atoms with Crippen LogP contribution in [0.15, 0.2) is 22.7 Å². The molecule has 2 rings (SSSR count). The lowest BCUT2D eigenvalue weighted by molar-refractivity contribution is 0.218. The van der Waals surface area contributed by atoms with E-state index in [9.17, 15) is 0 Å². The van der Waals surface area contributed by atoms with E-state index in [-0.39, 0.29) is 23.4 Å². The largest absolute Gasteiger partial charge is 0.461 e. The Balaban J connectivity index is 2.28. The molecule has 1 aromatic carbocycles. The van der Waals surface area contributed by atoms with E-state index in [2.05, 4.69) is 30.9 Å². The zero-order valence-electron chi connectivity index (χ0n) is 11.2. The Hall–Kier alpha value is -1.40. The lowest BCUT2D eigenvalue weighted by Gasteiger charge is -2.10. The molecule has 0 amide bonds. The highest BCUT2D eigenvalue weighted by Crippen LogP contribution is 2.27. The standard InChI is InChI=1S/C13H13BrClN3O2/c1-7(2)19-12-16-11(15)17-13(18-12)20-10-6-9(14)5-4-8(10)3/h4-7H,1-3H3. The Morgan fingerprint density at radius 3 is 2.55 bits per heavy atom. The predicted molar refractivity (Wildman–Crippen MR) is 79.6 cm³/mol. The molecule has 0 saturated heterocycles. The van der Waals surface area contributed by atoms with Crippen LogP contribution in [0.25, 0.3) is 0 Å². The first-order chi connectivity index (χ1) is 9.44. The van der Waals surface area contributed by atoms with Crippen molar-refractivity contribution < 1.29 is 9.47 Å². The molecule has 1 heterocycles. The molecular formula is C13H13BrClN3O2. The van der Waals surface area contributed by atoms with Gasteiger partial charge in [0.25, 0.3) is 0 Å². The van der Waals surface area contributed by atoms with Crippen molar-refractivity contribution in [2.45, 2.75) is 26.9 Å². The topological polar surface area (TPSA) is 57.1 Å². The van der Waals surface area contributed by atoms with Gasteiger partial charge in [-0.1, -0.05) is 22.0 Å². The van der Waals surface area contributed by atoms with Gasteiger partial charge in [-0.3, -0.25) is 0 Å². The first kappa shape index (κ1) is 15.0. The van der Waals surface area contributed by atoms with Crippen LogP contribution in [0.1, 0.15) is 19.4 Å². The molecule has 0 radical (unpaired) electrons. The van der Waals surface area contributed by atoms with Gasteiger partial charge in [-0.05, 0) is 50.1 Å². The number of aromatic nitrogens is 3. The van der Waals surface area contributed by atoms with E-state index in [0.29, 0.717) is 5.75 Å². The van der Waals surface area contributed by atoms with Crippen LogP contribution in [0.4, 0.5) is 0 Å². The van der Waals surface area contributed by atoms with E-state index in [0.717, 1.165) is 10.0 Å². The van der Waals surface area contributed by atoms with Crippen molar-refractivity contribution in [2.75, 3.05) is 0 Å². The number of aryl methyl sites for hydroxylation is 1. The third-order valence-electron chi connectivity index (χ3n) is 2.26. The second-order valence-electron chi connectivity index (χ2n) is 4.35. The molecule has 5 nitrogen and oxygen atoms in total. The minimum atomic E-state index is -0.0612. The van der Waals surface area contributed by atoms with Gasteiger partial charge >= 0.3 is 12.0 Å². The van der Waals surface area contributed by atoms with E-state index < -0.39 is 0 Å². The van der Waals surface area contributed by atoms with Crippen LogP contribution in [0.5, 0.6) is 17.8 Å². The second kappa shape index (κ2) is 6.37. The highest BCUT2D eigenvalue weighted by molar-refractivity contribution is 9.10. The van der Waals surface area contributed by atoms with Gasteiger partial charge in [0, 0.05) is 4.47 Å². The third-order valence-corrected chi connectivity index (χ3v) is 2.92. The van der Waals surface area contributed by atoms with Crippen molar-refractivity contribution in [2.24, 2.45) is 0 Å². The summed E-state index contributed by atoms with van der Waals surface area (Å²) in [4.78, 5) is 11.9. The summed E-state index contributed by atoms with van der Waals surface area (Å²) < 4.78 is 11.9. The van der Waals surface area contributed by atoms with Crippen LogP contribution in [-0.2, 0) is 0 Å². The highest BCUT2D eigenvalue weighted by atomic mass is 79.9. The predicted octanol–water partition coefficient (Wildman–Crippen LogP) is 4.18. The average Bonchev–Trinajstić information content (AvgIpc) is 2.32. The smallest absolute Gasteiger partial charge is 0.329 e. The number of hydrogen-bond acceptors (Lipinski definition) is 5. The molecule has 0 bridgehead atoms. The summed E-state index contributed by atoms with van der Waals surface area (Å²) in [6.45, 7) is 5.67. The van der Waals surface area contributed by atoms with Gasteiger partial charge in [-0.2, -0.15) is 9.97 Å². The summed E-state index contributed by atoms with van der Waals surface area (Å²) in [5.41, 5.74) is 0.955. The molecule has 20 heavy (non-hydrogen) atoms. The summed E-state index contributed by atoms with van der Waals surface area (Å²) in [5, 5.41) is 0.0262. The molecule has 1 aromatic heterocycles. The van der Waals surface area contributed by atoms with Crippen LogP contribution in [-0.4, -0.2) is 21.1 Å². The summed E-state index contributed by atoms with van der Waals surface area (Å²) in [5.74, 6) is 0.636. The van der Waals surface area contributed by atoms with Crippen molar-refractivity contribution in [3.05, 3.63) is 33.5 Å². The number of rotatable bonds is 4. The van der Waals surface area contributed by atoms with Gasteiger partial charge in [0.05, 0.1) is 6.10 Å². The highest BCUT2D eigenvalue weighted by Gasteiger charge is 2.11. The summed E-state index contributed by atoms with van der Waals surface area (Å²) in [6.07, 6.45) is -0.0612. The molecule has 0 unspecified atom stereocenters. The van der Waals surface area contributed by atoms with Gasteiger partial charge in [0.15, 0.2) is 0 Å². The minimum absolute atomic E-state index is 0.0262. The maximum atomic E-state index is 5.84. The molecule has 0 fully saturated rings. The van der Waals surface area contributed by atoms with E-state index >= 15 is 0 Å². The molecule has 0 aliphatic rings. The van der Waals surface area contributed by atoms with E-state index in [4.69, 9.17) is 21.1 Å². The normalized spacial score (nSPS) is 10.7. The van der Waals surface area contributed by atoms with Gasteiger partial charge < -0.3 is 9.47 Å². The molecule has 0 aliphatic carbocycles. The summed E-state index contributed by atoms with van der Waals surface area (Å²) in [6, 6.07) is 5.92. The van der Waals surface area contributed by atoms with Crippen LogP contribution < -0.4 is 9.47 Å². The van der Waals surface area contributed by atoms with Gasteiger partial charge in [0.1, 0.15) is 5.75 Å². The van der Waals surface area contributed by atoms with Crippen molar-refractivity contribution in [3.8, 4) is 17.8 Å². The van der Waals surface area contributed by atoms with Gasteiger partial charge in [0.2, 0.25) is 5.28 Å². The summed E-state index contributed by atoms with van der Waals surface area (Å²) >= 11 is 9.23. The first-order valence-corrected chi connectivity index (χ1v) is 7.13. The maximum absolute atomic E-state index is 5.84. The van der Waals surface area contributed by atoms with E-state index in [1.165, 1.54) is 0 Å². The Bertz CT molecular complexity index is 623. The van der Waals surface area contributed by atoms with Crippen LogP contribution in [0, 0.1) is 6.92 Å². The van der Waals surface area contributed by atoms with Crippen molar-refractivity contribution >= 4 is 27.5 Å². The van der Waals surface area contributed by atoms with Crippen LogP contribution in [0.2, 0.25) is 5.28 Å². The fraction of sp³-hybridized carbons (Fsp3) is 0.308. The summed E-state index contributed by atoms with van der Waals surface area (Å²) in [7, 11) is 0. The molecule has 0 atom stereocenters. The Kier molecular flexibility index (Phi) is 4.77. The number of ether oxygens (including phenoxy) is 2. The lowest BCUT2D eigenvalue weighted by Crippen LogP contribution is -2.09. The van der Waals surface area contributed by atoms with Crippen molar-refractivity contribution in [1.82, 2.24) is 15.0 Å². The Labute approximate surface area is 130 Å². The number of nitrogens with zero attached hydrogens (tertiary/aromatic N) is 3. The van der Waals surface area contributed by atoms with Crippen molar-refractivity contribution in [3.63, 3.8) is 0 Å². The zero-order valence-corrected chi connectivity index (χ0v) is 13.6. The average molecular weight is 359 g/mol. The molecule has 0 aliphatic heterocycles. The monoisotopic (exact) mass is 357 g/mol. The molecule has 2 aromatic rings. The van der Waals surface area contributed by atoms with Crippen LogP contribution in [0.3, 0.4) is 0 Å². The van der Waals surface area contributed by atoms with E-state index in [1.54, 1.807) is 0 Å². The van der Waals surface area contributed by atoms with Gasteiger partial charge in [-0.25, -0.2) is 0 Å². The molecule has 0 saturated carbocycles. The van der Waals surface area contributed by atoms with Crippen LogP contribution >= 0.6 is 27.5 Å². The number of benzene rings is 1. The zero-order chi connectivity index (χ0) is 14.7. The SMILES string of the molecule is Cc1ccc(Br)cc1Oc1nc(Cl)nc(OC(C)C)n1. The molecular weight excluding hydrogens is 346 g/mol. The minimum Gasteiger partial charge on any atom is -0.461 e. The fourth-order valence-electron chi connectivity index (χ4n) is 1.41. The molecule has 0 spiro atoms. The molecule has 106 valence electrons.